The van der Waals surface area contributed by atoms with Crippen molar-refractivity contribution in [2.24, 2.45) is 17.7 Å². The second-order valence-electron chi connectivity index (χ2n) is 5.92. The molecule has 1 aromatic rings. The number of hydrogen-bond acceptors (Lipinski definition) is 2. The number of nitrogens with one attached hydrogen (secondary N) is 1. The molecule has 2 heteroatoms. The Labute approximate surface area is 111 Å². The maximum absolute atomic E-state index is 5.79. The monoisotopic (exact) mass is 246 g/mol. The fraction of sp³-hybridized carbons (Fsp3) is 0.625. The highest BCUT2D eigenvalue weighted by Gasteiger charge is 2.25. The van der Waals surface area contributed by atoms with E-state index in [1.54, 1.807) is 0 Å². The van der Waals surface area contributed by atoms with E-state index in [-0.39, 0.29) is 0 Å². The average Bonchev–Trinajstić information content (AvgIpc) is 2.39. The largest absolute Gasteiger partial charge is 0.271 e. The van der Waals surface area contributed by atoms with Crippen LogP contribution in [-0.2, 0) is 6.42 Å². The van der Waals surface area contributed by atoms with E-state index in [0.29, 0.717) is 6.04 Å². The molecular weight excluding hydrogens is 220 g/mol. The maximum Gasteiger partial charge on any atom is 0.0279 e. The second-order valence-corrected chi connectivity index (χ2v) is 5.92. The van der Waals surface area contributed by atoms with Gasteiger partial charge in [-0.1, -0.05) is 44.0 Å². The quantitative estimate of drug-likeness (QED) is 0.632. The van der Waals surface area contributed by atoms with E-state index in [0.717, 1.165) is 18.3 Å². The fourth-order valence-corrected chi connectivity index (χ4v) is 3.13. The highest BCUT2D eigenvalue weighted by Crippen LogP contribution is 2.31. The lowest BCUT2D eigenvalue weighted by atomic mass is 9.77. The predicted molar refractivity (Wildman–Crippen MR) is 77.1 cm³/mol. The Kier molecular flexibility index (Phi) is 4.79. The normalized spacial score (nSPS) is 25.9. The summed E-state index contributed by atoms with van der Waals surface area (Å²) >= 11 is 0. The van der Waals surface area contributed by atoms with Gasteiger partial charge >= 0.3 is 0 Å². The lowest BCUT2D eigenvalue weighted by molar-refractivity contribution is 0.229. The van der Waals surface area contributed by atoms with Crippen molar-refractivity contribution in [1.29, 1.82) is 0 Å². The molecule has 0 spiro atoms. The third-order valence-corrected chi connectivity index (χ3v) is 4.54. The molecule has 100 valence electrons. The molecule has 0 bridgehead atoms. The van der Waals surface area contributed by atoms with Crippen LogP contribution in [0.1, 0.15) is 43.7 Å². The first-order chi connectivity index (χ1) is 8.70. The van der Waals surface area contributed by atoms with Crippen LogP contribution in [0.25, 0.3) is 0 Å². The molecule has 0 amide bonds. The van der Waals surface area contributed by atoms with Gasteiger partial charge in [-0.3, -0.25) is 11.3 Å². The topological polar surface area (TPSA) is 38.0 Å². The molecule has 0 saturated heterocycles. The van der Waals surface area contributed by atoms with Crippen LogP contribution in [-0.4, -0.2) is 6.04 Å². The van der Waals surface area contributed by atoms with Gasteiger partial charge in [-0.25, -0.2) is 0 Å². The number of aryl methyl sites for hydroxylation is 1. The molecule has 1 aliphatic carbocycles. The number of hydrogen-bond donors (Lipinski definition) is 2. The highest BCUT2D eigenvalue weighted by atomic mass is 15.2. The minimum absolute atomic E-state index is 0.429. The van der Waals surface area contributed by atoms with E-state index < -0.39 is 0 Å². The Morgan fingerprint density at radius 1 is 1.22 bits per heavy atom. The summed E-state index contributed by atoms with van der Waals surface area (Å²) in [6.45, 7) is 4.55. The van der Waals surface area contributed by atoms with Crippen LogP contribution in [0.15, 0.2) is 24.3 Å². The first-order valence-electron chi connectivity index (χ1n) is 7.21. The third-order valence-electron chi connectivity index (χ3n) is 4.54. The summed E-state index contributed by atoms with van der Waals surface area (Å²) < 4.78 is 0. The van der Waals surface area contributed by atoms with E-state index in [2.05, 4.69) is 43.5 Å². The van der Waals surface area contributed by atoms with Gasteiger partial charge in [0.15, 0.2) is 0 Å². The molecule has 1 atom stereocenters. The van der Waals surface area contributed by atoms with Gasteiger partial charge in [0.2, 0.25) is 0 Å². The SMILES string of the molecule is Cc1ccccc1CC(NN)C1CCC(C)CC1. The summed E-state index contributed by atoms with van der Waals surface area (Å²) in [4.78, 5) is 0. The molecule has 18 heavy (non-hydrogen) atoms. The zero-order valence-corrected chi connectivity index (χ0v) is 11.7. The molecule has 0 radical (unpaired) electrons. The van der Waals surface area contributed by atoms with Crippen LogP contribution in [0.5, 0.6) is 0 Å². The van der Waals surface area contributed by atoms with Crippen molar-refractivity contribution in [3.05, 3.63) is 35.4 Å². The van der Waals surface area contributed by atoms with Gasteiger partial charge in [-0.2, -0.15) is 0 Å². The van der Waals surface area contributed by atoms with Crippen LogP contribution in [0.3, 0.4) is 0 Å². The Balaban J connectivity index is 1.99. The van der Waals surface area contributed by atoms with Gasteiger partial charge in [0, 0.05) is 6.04 Å². The van der Waals surface area contributed by atoms with Gasteiger partial charge < -0.3 is 0 Å². The summed E-state index contributed by atoms with van der Waals surface area (Å²) in [7, 11) is 0. The maximum atomic E-state index is 5.79. The van der Waals surface area contributed by atoms with Gasteiger partial charge in [-0.05, 0) is 49.1 Å². The molecule has 1 saturated carbocycles. The van der Waals surface area contributed by atoms with Crippen molar-refractivity contribution in [2.45, 2.75) is 52.0 Å². The van der Waals surface area contributed by atoms with E-state index in [9.17, 15) is 0 Å². The highest BCUT2D eigenvalue weighted by molar-refractivity contribution is 5.26. The first-order valence-corrected chi connectivity index (χ1v) is 7.21. The van der Waals surface area contributed by atoms with Gasteiger partial charge in [0.1, 0.15) is 0 Å². The van der Waals surface area contributed by atoms with E-state index in [1.807, 2.05) is 0 Å². The van der Waals surface area contributed by atoms with Crippen molar-refractivity contribution in [3.8, 4) is 0 Å². The Hall–Kier alpha value is -0.860. The third kappa shape index (κ3) is 3.33. The average molecular weight is 246 g/mol. The summed E-state index contributed by atoms with van der Waals surface area (Å²) in [5.74, 6) is 7.43. The number of rotatable bonds is 4. The standard InChI is InChI=1S/C16H26N2/c1-12-7-9-14(10-8-12)16(18-17)11-15-6-4-3-5-13(15)2/h3-6,12,14,16,18H,7-11,17H2,1-2H3. The second kappa shape index (κ2) is 6.35. The van der Waals surface area contributed by atoms with Crippen LogP contribution >= 0.6 is 0 Å². The zero-order chi connectivity index (χ0) is 13.0. The van der Waals surface area contributed by atoms with E-state index >= 15 is 0 Å². The van der Waals surface area contributed by atoms with Crippen LogP contribution in [0, 0.1) is 18.8 Å². The lowest BCUT2D eigenvalue weighted by Gasteiger charge is -2.32. The molecule has 1 aromatic carbocycles. The van der Waals surface area contributed by atoms with Crippen molar-refractivity contribution in [3.63, 3.8) is 0 Å². The summed E-state index contributed by atoms with van der Waals surface area (Å²) in [6.07, 6.45) is 6.42. The van der Waals surface area contributed by atoms with Gasteiger partial charge in [0.05, 0.1) is 0 Å². The van der Waals surface area contributed by atoms with Crippen LogP contribution in [0.4, 0.5) is 0 Å². The zero-order valence-electron chi connectivity index (χ0n) is 11.7. The first kappa shape index (κ1) is 13.6. The Bertz CT molecular complexity index is 367. The molecule has 2 rings (SSSR count). The van der Waals surface area contributed by atoms with E-state index in [4.69, 9.17) is 5.84 Å². The van der Waals surface area contributed by atoms with Crippen molar-refractivity contribution in [2.75, 3.05) is 0 Å². The molecule has 0 heterocycles. The van der Waals surface area contributed by atoms with Crippen LogP contribution < -0.4 is 11.3 Å². The fourth-order valence-electron chi connectivity index (χ4n) is 3.13. The number of nitrogens with two attached hydrogens (primary N) is 1. The van der Waals surface area contributed by atoms with Gasteiger partial charge in [-0.15, -0.1) is 0 Å². The van der Waals surface area contributed by atoms with Crippen molar-refractivity contribution >= 4 is 0 Å². The Morgan fingerprint density at radius 2 is 1.89 bits per heavy atom. The number of hydrazine groups is 1. The number of benzene rings is 1. The lowest BCUT2D eigenvalue weighted by Crippen LogP contribution is -2.43. The minimum Gasteiger partial charge on any atom is -0.271 e. The molecular formula is C16H26N2. The van der Waals surface area contributed by atoms with Crippen LogP contribution in [0.2, 0.25) is 0 Å². The van der Waals surface area contributed by atoms with Crippen molar-refractivity contribution in [1.82, 2.24) is 5.43 Å². The van der Waals surface area contributed by atoms with Gasteiger partial charge in [0.25, 0.3) is 0 Å². The summed E-state index contributed by atoms with van der Waals surface area (Å²) in [5, 5.41) is 0. The minimum atomic E-state index is 0.429. The molecule has 2 nitrogen and oxygen atoms in total. The van der Waals surface area contributed by atoms with Crippen molar-refractivity contribution < 1.29 is 0 Å². The summed E-state index contributed by atoms with van der Waals surface area (Å²) in [6, 6.07) is 9.07. The van der Waals surface area contributed by atoms with E-state index in [1.165, 1.54) is 36.8 Å². The predicted octanol–water partition coefficient (Wildman–Crippen LogP) is 3.20. The molecule has 0 aromatic heterocycles. The molecule has 1 fully saturated rings. The smallest absolute Gasteiger partial charge is 0.0279 e. The molecule has 3 N–H and O–H groups in total. The Morgan fingerprint density at radius 3 is 2.50 bits per heavy atom. The molecule has 1 unspecified atom stereocenters. The molecule has 1 aliphatic rings. The molecule has 0 aliphatic heterocycles. The summed E-state index contributed by atoms with van der Waals surface area (Å²) in [5.41, 5.74) is 5.87.